The number of hydrazone groups is 1. The third kappa shape index (κ3) is 5.92. The maximum absolute atomic E-state index is 4.81. The van der Waals surface area contributed by atoms with E-state index in [0.29, 0.717) is 12.5 Å². The number of anilines is 2. The van der Waals surface area contributed by atoms with Crippen molar-refractivity contribution in [1.82, 2.24) is 24.4 Å². The van der Waals surface area contributed by atoms with Gasteiger partial charge in [-0.05, 0) is 63.8 Å². The van der Waals surface area contributed by atoms with Gasteiger partial charge in [0.25, 0.3) is 0 Å². The fraction of sp³-hybridized carbons (Fsp3) is 0.241. The summed E-state index contributed by atoms with van der Waals surface area (Å²) in [6.45, 7) is 4.63. The summed E-state index contributed by atoms with van der Waals surface area (Å²) < 4.78 is 2.17. The highest BCUT2D eigenvalue weighted by molar-refractivity contribution is 5.90. The molecular weight excluding hydrogens is 460 g/mol. The average Bonchev–Trinajstić information content (AvgIpc) is 3.24. The lowest BCUT2D eigenvalue weighted by molar-refractivity contribution is 0.405. The lowest BCUT2D eigenvalue weighted by Gasteiger charge is -2.12. The molecule has 0 radical (unpaired) electrons. The molecule has 2 aromatic heterocycles. The molecule has 188 valence electrons. The Kier molecular flexibility index (Phi) is 7.37. The molecule has 0 aliphatic heterocycles. The van der Waals surface area contributed by atoms with E-state index in [1.54, 1.807) is 6.21 Å². The van der Waals surface area contributed by atoms with E-state index in [0.717, 1.165) is 53.1 Å². The van der Waals surface area contributed by atoms with Crippen molar-refractivity contribution in [2.45, 2.75) is 19.9 Å². The van der Waals surface area contributed by atoms with Crippen LogP contribution >= 0.6 is 0 Å². The number of fused-ring (bicyclic) bond motifs is 2. The molecule has 0 spiro atoms. The summed E-state index contributed by atoms with van der Waals surface area (Å²) in [6.07, 6.45) is 2.75. The number of para-hydroxylation sites is 3. The fourth-order valence-corrected chi connectivity index (χ4v) is 4.25. The standard InChI is InChI=1S/C29H32N8/c1-21-13-15-22(16-14-21)20-37-26-12-7-6-11-25(26)32-27(37)19-31-35-29-33-24-10-5-4-9-23(24)28(34-29)30-17-8-18-36(2)3/h4-7,9-16,19H,8,17-18,20H2,1-3H3,(H2,30,33,34,35)/b31-19+. The van der Waals surface area contributed by atoms with Crippen molar-refractivity contribution in [2.24, 2.45) is 5.10 Å². The van der Waals surface area contributed by atoms with Crippen molar-refractivity contribution in [3.8, 4) is 0 Å². The summed E-state index contributed by atoms with van der Waals surface area (Å²) in [5.41, 5.74) is 8.33. The highest BCUT2D eigenvalue weighted by atomic mass is 15.4. The first-order valence-electron chi connectivity index (χ1n) is 12.5. The Labute approximate surface area is 217 Å². The van der Waals surface area contributed by atoms with Crippen LogP contribution in [0.5, 0.6) is 0 Å². The molecule has 8 nitrogen and oxygen atoms in total. The second kappa shape index (κ2) is 11.2. The van der Waals surface area contributed by atoms with Crippen LogP contribution in [0, 0.1) is 6.92 Å². The van der Waals surface area contributed by atoms with Crippen LogP contribution in [-0.2, 0) is 6.54 Å². The van der Waals surface area contributed by atoms with E-state index < -0.39 is 0 Å². The molecule has 5 rings (SSSR count). The molecule has 8 heteroatoms. The first-order valence-corrected chi connectivity index (χ1v) is 12.5. The van der Waals surface area contributed by atoms with Crippen LogP contribution < -0.4 is 10.7 Å². The van der Waals surface area contributed by atoms with Gasteiger partial charge in [-0.3, -0.25) is 0 Å². The van der Waals surface area contributed by atoms with Gasteiger partial charge in [0, 0.05) is 18.5 Å². The molecule has 0 bridgehead atoms. The van der Waals surface area contributed by atoms with E-state index in [9.17, 15) is 0 Å². The van der Waals surface area contributed by atoms with Crippen molar-refractivity contribution >= 4 is 39.9 Å². The second-order valence-electron chi connectivity index (χ2n) is 9.40. The highest BCUT2D eigenvalue weighted by Crippen LogP contribution is 2.22. The lowest BCUT2D eigenvalue weighted by atomic mass is 10.1. The molecule has 0 saturated carbocycles. The number of imidazole rings is 1. The minimum atomic E-state index is 0.436. The number of hydrogen-bond donors (Lipinski definition) is 2. The second-order valence-corrected chi connectivity index (χ2v) is 9.40. The Hall–Kier alpha value is -4.30. The van der Waals surface area contributed by atoms with Crippen molar-refractivity contribution in [3.63, 3.8) is 0 Å². The molecule has 5 aromatic rings. The van der Waals surface area contributed by atoms with E-state index >= 15 is 0 Å². The monoisotopic (exact) mass is 492 g/mol. The third-order valence-corrected chi connectivity index (χ3v) is 6.17. The predicted molar refractivity (Wildman–Crippen MR) is 152 cm³/mol. The van der Waals surface area contributed by atoms with Crippen LogP contribution in [0.2, 0.25) is 0 Å². The topological polar surface area (TPSA) is 83.3 Å². The van der Waals surface area contributed by atoms with E-state index in [1.807, 2.05) is 42.5 Å². The number of aryl methyl sites for hydroxylation is 1. The van der Waals surface area contributed by atoms with E-state index in [1.165, 1.54) is 11.1 Å². The Morgan fingerprint density at radius 1 is 0.892 bits per heavy atom. The van der Waals surface area contributed by atoms with Crippen LogP contribution in [0.3, 0.4) is 0 Å². The third-order valence-electron chi connectivity index (χ3n) is 6.17. The Balaban J connectivity index is 1.39. The van der Waals surface area contributed by atoms with Crippen LogP contribution in [0.1, 0.15) is 23.4 Å². The van der Waals surface area contributed by atoms with Gasteiger partial charge >= 0.3 is 0 Å². The zero-order valence-corrected chi connectivity index (χ0v) is 21.5. The fourth-order valence-electron chi connectivity index (χ4n) is 4.25. The highest BCUT2D eigenvalue weighted by Gasteiger charge is 2.10. The molecule has 0 saturated heterocycles. The maximum Gasteiger partial charge on any atom is 0.246 e. The zero-order valence-electron chi connectivity index (χ0n) is 21.5. The number of benzene rings is 3. The van der Waals surface area contributed by atoms with Crippen molar-refractivity contribution in [3.05, 3.63) is 89.7 Å². The molecule has 0 atom stereocenters. The largest absolute Gasteiger partial charge is 0.369 e. The van der Waals surface area contributed by atoms with Crippen molar-refractivity contribution < 1.29 is 0 Å². The quantitative estimate of drug-likeness (QED) is 0.159. The van der Waals surface area contributed by atoms with Gasteiger partial charge in [-0.2, -0.15) is 10.1 Å². The lowest BCUT2D eigenvalue weighted by Crippen LogP contribution is -2.17. The number of aromatic nitrogens is 4. The van der Waals surface area contributed by atoms with Crippen LogP contribution in [0.15, 0.2) is 77.9 Å². The summed E-state index contributed by atoms with van der Waals surface area (Å²) in [5.74, 6) is 2.00. The van der Waals surface area contributed by atoms with Crippen LogP contribution in [0.4, 0.5) is 11.8 Å². The number of nitrogens with one attached hydrogen (secondary N) is 2. The van der Waals surface area contributed by atoms with E-state index in [2.05, 4.69) is 81.6 Å². The van der Waals surface area contributed by atoms with Gasteiger partial charge in [0.2, 0.25) is 5.95 Å². The summed E-state index contributed by atoms with van der Waals surface area (Å²) >= 11 is 0. The average molecular weight is 493 g/mol. The normalized spacial score (nSPS) is 11.7. The van der Waals surface area contributed by atoms with Gasteiger partial charge in [0.15, 0.2) is 5.82 Å². The van der Waals surface area contributed by atoms with Gasteiger partial charge in [-0.1, -0.05) is 54.1 Å². The summed E-state index contributed by atoms with van der Waals surface area (Å²) in [5, 5.41) is 8.92. The van der Waals surface area contributed by atoms with Crippen molar-refractivity contribution in [1.29, 1.82) is 0 Å². The van der Waals surface area contributed by atoms with Crippen LogP contribution in [0.25, 0.3) is 21.9 Å². The molecule has 0 unspecified atom stereocenters. The van der Waals surface area contributed by atoms with E-state index in [-0.39, 0.29) is 0 Å². The molecule has 2 heterocycles. The first kappa shape index (κ1) is 24.4. The number of nitrogens with zero attached hydrogens (tertiary/aromatic N) is 6. The van der Waals surface area contributed by atoms with Crippen molar-refractivity contribution in [2.75, 3.05) is 37.9 Å². The molecule has 37 heavy (non-hydrogen) atoms. The molecule has 2 N–H and O–H groups in total. The minimum absolute atomic E-state index is 0.436. The molecule has 3 aromatic carbocycles. The van der Waals surface area contributed by atoms with Gasteiger partial charge in [-0.15, -0.1) is 0 Å². The number of rotatable bonds is 10. The summed E-state index contributed by atoms with van der Waals surface area (Å²) in [6, 6.07) is 24.7. The Bertz CT molecular complexity index is 1520. The molecule has 0 fully saturated rings. The van der Waals surface area contributed by atoms with Gasteiger partial charge < -0.3 is 14.8 Å². The van der Waals surface area contributed by atoms with Gasteiger partial charge in [0.05, 0.1) is 22.8 Å². The molecule has 0 amide bonds. The number of hydrogen-bond acceptors (Lipinski definition) is 7. The minimum Gasteiger partial charge on any atom is -0.369 e. The summed E-state index contributed by atoms with van der Waals surface area (Å²) in [4.78, 5) is 16.3. The van der Waals surface area contributed by atoms with Gasteiger partial charge in [0.1, 0.15) is 5.82 Å². The Morgan fingerprint density at radius 3 is 2.46 bits per heavy atom. The summed E-state index contributed by atoms with van der Waals surface area (Å²) in [7, 11) is 4.16. The van der Waals surface area contributed by atoms with Crippen LogP contribution in [-0.4, -0.2) is 57.8 Å². The molecule has 0 aliphatic rings. The molecular formula is C29H32N8. The maximum atomic E-state index is 4.81. The van der Waals surface area contributed by atoms with Gasteiger partial charge in [-0.25, -0.2) is 15.4 Å². The Morgan fingerprint density at radius 2 is 1.65 bits per heavy atom. The predicted octanol–water partition coefficient (Wildman–Crippen LogP) is 5.15. The van der Waals surface area contributed by atoms with E-state index in [4.69, 9.17) is 9.97 Å². The molecule has 0 aliphatic carbocycles. The zero-order chi connectivity index (χ0) is 25.6. The smallest absolute Gasteiger partial charge is 0.246 e. The SMILES string of the molecule is Cc1ccc(Cn2c(/C=N/Nc3nc(NCCCN(C)C)c4ccccc4n3)nc3ccccc32)cc1. The first-order chi connectivity index (χ1) is 18.1.